The molecule has 0 atom stereocenters. The van der Waals surface area contributed by atoms with Crippen molar-refractivity contribution in [3.8, 4) is 5.75 Å². The van der Waals surface area contributed by atoms with Crippen molar-refractivity contribution in [2.45, 2.75) is 25.8 Å². The van der Waals surface area contributed by atoms with E-state index in [1.165, 1.54) is 0 Å². The van der Waals surface area contributed by atoms with E-state index in [9.17, 15) is 9.90 Å². The van der Waals surface area contributed by atoms with Crippen molar-refractivity contribution in [1.82, 2.24) is 9.88 Å². The predicted octanol–water partition coefficient (Wildman–Crippen LogP) is 3.11. The van der Waals surface area contributed by atoms with Crippen LogP contribution in [0.3, 0.4) is 0 Å². The van der Waals surface area contributed by atoms with Crippen molar-refractivity contribution in [3.63, 3.8) is 0 Å². The summed E-state index contributed by atoms with van der Waals surface area (Å²) in [6.45, 7) is 6.87. The highest BCUT2D eigenvalue weighted by molar-refractivity contribution is 6.21. The number of nitrogens with zero attached hydrogens (tertiary/aromatic N) is 4. The molecule has 0 amide bonds. The van der Waals surface area contributed by atoms with Crippen LogP contribution >= 0.6 is 0 Å². The largest absolute Gasteiger partial charge is 0.504 e. The molecule has 2 fully saturated rings. The fourth-order valence-corrected chi connectivity index (χ4v) is 4.69. The molecule has 0 aliphatic carbocycles. The van der Waals surface area contributed by atoms with Crippen LogP contribution in [0.2, 0.25) is 0 Å². The number of fused-ring (bicyclic) bond motifs is 1. The van der Waals surface area contributed by atoms with Crippen molar-refractivity contribution in [3.05, 3.63) is 35.2 Å². The number of hydrogen-bond acceptors (Lipinski definition) is 9. The van der Waals surface area contributed by atoms with E-state index in [0.29, 0.717) is 17.7 Å². The number of allylic oxidation sites excluding steroid dienone is 1. The molecule has 3 aliphatic rings. The van der Waals surface area contributed by atoms with Crippen LogP contribution in [0.1, 0.15) is 41.4 Å². The Bertz CT molecular complexity index is 1080. The highest BCUT2D eigenvalue weighted by Crippen LogP contribution is 2.40. The number of aromatic nitrogens is 1. The fourth-order valence-electron chi connectivity index (χ4n) is 4.69. The second-order valence-corrected chi connectivity index (χ2v) is 8.31. The van der Waals surface area contributed by atoms with Gasteiger partial charge in [0.15, 0.2) is 22.9 Å². The zero-order valence-corrected chi connectivity index (χ0v) is 18.7. The second-order valence-electron chi connectivity index (χ2n) is 8.31. The molecule has 1 N–H and O–H groups in total. The van der Waals surface area contributed by atoms with Crippen LogP contribution in [0.15, 0.2) is 27.7 Å². The Morgan fingerprint density at radius 1 is 1.27 bits per heavy atom. The van der Waals surface area contributed by atoms with Crippen molar-refractivity contribution < 1.29 is 23.8 Å². The maximum atomic E-state index is 12.7. The summed E-state index contributed by atoms with van der Waals surface area (Å²) in [5.41, 5.74) is 1.68. The number of esters is 1. The Morgan fingerprint density at radius 3 is 2.82 bits per heavy atom. The molecule has 2 saturated heterocycles. The molecule has 9 nitrogen and oxygen atoms in total. The smallest absolute Gasteiger partial charge is 0.347 e. The summed E-state index contributed by atoms with van der Waals surface area (Å²) in [7, 11) is 0. The molecular formula is C24H28N4O5. The minimum absolute atomic E-state index is 0.0786. The van der Waals surface area contributed by atoms with Gasteiger partial charge >= 0.3 is 5.97 Å². The lowest BCUT2D eigenvalue weighted by atomic mass is 10.0. The first-order valence-electron chi connectivity index (χ1n) is 11.5. The van der Waals surface area contributed by atoms with Crippen LogP contribution < -0.4 is 4.90 Å². The highest BCUT2D eigenvalue weighted by atomic mass is 16.5. The molecule has 0 unspecified atom stereocenters. The van der Waals surface area contributed by atoms with Gasteiger partial charge < -0.3 is 23.9 Å². The number of aliphatic imine (C=N–C) groups is 1. The first-order chi connectivity index (χ1) is 16.2. The number of carbonyl (C=O) groups is 1. The summed E-state index contributed by atoms with van der Waals surface area (Å²) < 4.78 is 16.8. The van der Waals surface area contributed by atoms with Crippen molar-refractivity contribution in [2.75, 3.05) is 50.9 Å². The molecule has 0 spiro atoms. The Balaban J connectivity index is 1.42. The summed E-state index contributed by atoms with van der Waals surface area (Å²) in [5, 5.41) is 11.0. The quantitative estimate of drug-likeness (QED) is 0.691. The van der Waals surface area contributed by atoms with Crippen molar-refractivity contribution >= 4 is 35.5 Å². The van der Waals surface area contributed by atoms with Gasteiger partial charge in [0.25, 0.3) is 0 Å². The summed E-state index contributed by atoms with van der Waals surface area (Å²) in [6, 6.07) is 4.22. The van der Waals surface area contributed by atoms with Crippen LogP contribution in [0.5, 0.6) is 5.75 Å². The molecule has 2 aromatic rings. The van der Waals surface area contributed by atoms with E-state index in [-0.39, 0.29) is 23.7 Å². The molecule has 0 bridgehead atoms. The van der Waals surface area contributed by atoms with Crippen molar-refractivity contribution in [2.24, 2.45) is 4.99 Å². The molecule has 33 heavy (non-hydrogen) atoms. The third-order valence-corrected chi connectivity index (χ3v) is 6.39. The number of pyridine rings is 1. The van der Waals surface area contributed by atoms with E-state index in [2.05, 4.69) is 14.9 Å². The first kappa shape index (κ1) is 21.7. The third-order valence-electron chi connectivity index (χ3n) is 6.39. The van der Waals surface area contributed by atoms with Gasteiger partial charge in [0.2, 0.25) is 5.88 Å². The van der Waals surface area contributed by atoms with Gasteiger partial charge in [0, 0.05) is 55.8 Å². The average molecular weight is 453 g/mol. The van der Waals surface area contributed by atoms with Gasteiger partial charge in [-0.25, -0.2) is 14.8 Å². The molecule has 0 saturated carbocycles. The zero-order chi connectivity index (χ0) is 22.8. The fraction of sp³-hybridized carbons (Fsp3) is 0.458. The number of morpholine rings is 1. The van der Waals surface area contributed by atoms with E-state index >= 15 is 0 Å². The van der Waals surface area contributed by atoms with Crippen LogP contribution in [0.4, 0.5) is 11.7 Å². The monoisotopic (exact) mass is 452 g/mol. The molecule has 5 rings (SSSR count). The number of ether oxygens (including phenoxy) is 2. The molecule has 174 valence electrons. The van der Waals surface area contributed by atoms with E-state index in [0.717, 1.165) is 63.4 Å². The number of rotatable bonds is 5. The lowest BCUT2D eigenvalue weighted by molar-refractivity contribution is 0.0113. The lowest BCUT2D eigenvalue weighted by Crippen LogP contribution is -2.49. The lowest BCUT2D eigenvalue weighted by Gasteiger charge is -2.40. The van der Waals surface area contributed by atoms with Gasteiger partial charge in [-0.2, -0.15) is 0 Å². The summed E-state index contributed by atoms with van der Waals surface area (Å²) in [4.78, 5) is 25.8. The van der Waals surface area contributed by atoms with Crippen LogP contribution in [-0.2, 0) is 9.47 Å². The molecule has 5 heterocycles. The summed E-state index contributed by atoms with van der Waals surface area (Å²) in [5.74, 6) is 0.389. The number of carbonyl (C=O) groups excluding carboxylic acids is 1. The van der Waals surface area contributed by atoms with Crippen LogP contribution in [0.25, 0.3) is 11.6 Å². The average Bonchev–Trinajstić information content (AvgIpc) is 3.41. The minimum atomic E-state index is -0.587. The maximum absolute atomic E-state index is 12.7. The highest BCUT2D eigenvalue weighted by Gasteiger charge is 2.33. The Morgan fingerprint density at radius 2 is 2.06 bits per heavy atom. The number of piperidine rings is 1. The van der Waals surface area contributed by atoms with Gasteiger partial charge in [-0.3, -0.25) is 4.90 Å². The Kier molecular flexibility index (Phi) is 6.15. The molecular weight excluding hydrogens is 424 g/mol. The first-order valence-corrected chi connectivity index (χ1v) is 11.5. The van der Waals surface area contributed by atoms with Gasteiger partial charge in [0.05, 0.1) is 19.8 Å². The van der Waals surface area contributed by atoms with E-state index < -0.39 is 5.97 Å². The van der Waals surface area contributed by atoms with Crippen LogP contribution in [-0.4, -0.2) is 79.2 Å². The van der Waals surface area contributed by atoms with E-state index in [4.69, 9.17) is 13.9 Å². The second kappa shape index (κ2) is 9.36. The summed E-state index contributed by atoms with van der Waals surface area (Å²) >= 11 is 0. The van der Waals surface area contributed by atoms with E-state index in [1.807, 2.05) is 17.0 Å². The molecule has 2 aromatic heterocycles. The topological polar surface area (TPSA) is 101 Å². The molecule has 9 heteroatoms. The van der Waals surface area contributed by atoms with Gasteiger partial charge in [-0.15, -0.1) is 0 Å². The van der Waals surface area contributed by atoms with E-state index in [1.54, 1.807) is 25.4 Å². The van der Waals surface area contributed by atoms with Gasteiger partial charge in [-0.05, 0) is 38.0 Å². The molecule has 0 aromatic carbocycles. The zero-order valence-electron chi connectivity index (χ0n) is 18.7. The Labute approximate surface area is 192 Å². The van der Waals surface area contributed by atoms with Crippen LogP contribution in [0, 0.1) is 0 Å². The number of furan rings is 1. The maximum Gasteiger partial charge on any atom is 0.347 e. The van der Waals surface area contributed by atoms with Crippen molar-refractivity contribution in [1.29, 1.82) is 0 Å². The third kappa shape index (κ3) is 4.26. The summed E-state index contributed by atoms with van der Waals surface area (Å²) in [6.07, 6.45) is 6.95. The SMILES string of the molecule is CCOC(=O)c1c(N2CCC(N3CCOCC3)CC2)oc(C=C2C=Nc3ncccc32)c1O. The predicted molar refractivity (Wildman–Crippen MR) is 124 cm³/mol. The number of aromatic hydroxyl groups is 1. The van der Waals surface area contributed by atoms with Gasteiger partial charge in [0.1, 0.15) is 0 Å². The van der Waals surface area contributed by atoms with Gasteiger partial charge in [-0.1, -0.05) is 0 Å². The number of anilines is 1. The molecule has 3 aliphatic heterocycles. The normalized spacial score (nSPS) is 20.4. The standard InChI is InChI=1S/C24H28N4O5/c1-2-32-24(30)20-21(29)19(14-16-15-26-22-18(16)4-3-7-25-22)33-23(20)28-8-5-17(6-9-28)27-10-12-31-13-11-27/h3-4,7,14-15,17,29H,2,5-6,8-13H2,1H3. The minimum Gasteiger partial charge on any atom is -0.504 e. The Hall–Kier alpha value is -3.17. The number of hydrogen-bond donors (Lipinski definition) is 1. The molecule has 0 radical (unpaired) electrons.